The third-order valence-corrected chi connectivity index (χ3v) is 4.33. The SMILES string of the molecule is CCOC(=O)C(C)(C)CCOc1ccc(OCc2ccc(C(F)(F)F)cc2)cc1. The highest BCUT2D eigenvalue weighted by Gasteiger charge is 2.30. The van der Waals surface area contributed by atoms with E-state index in [-0.39, 0.29) is 12.6 Å². The topological polar surface area (TPSA) is 44.8 Å². The third kappa shape index (κ3) is 7.00. The van der Waals surface area contributed by atoms with E-state index in [0.29, 0.717) is 36.7 Å². The molecular weight excluding hydrogens is 385 g/mol. The molecule has 2 rings (SSSR count). The van der Waals surface area contributed by atoms with Crippen molar-refractivity contribution in [2.45, 2.75) is 40.0 Å². The average Bonchev–Trinajstić information content (AvgIpc) is 2.67. The van der Waals surface area contributed by atoms with Crippen LogP contribution in [-0.2, 0) is 22.3 Å². The van der Waals surface area contributed by atoms with Crippen molar-refractivity contribution in [3.8, 4) is 11.5 Å². The summed E-state index contributed by atoms with van der Waals surface area (Å²) in [4.78, 5) is 11.9. The number of halogens is 3. The molecule has 2 aromatic rings. The van der Waals surface area contributed by atoms with Gasteiger partial charge in [0.2, 0.25) is 0 Å². The number of ether oxygens (including phenoxy) is 3. The van der Waals surface area contributed by atoms with Crippen molar-refractivity contribution in [3.63, 3.8) is 0 Å². The summed E-state index contributed by atoms with van der Waals surface area (Å²) >= 11 is 0. The Hall–Kier alpha value is -2.70. The van der Waals surface area contributed by atoms with E-state index in [9.17, 15) is 18.0 Å². The van der Waals surface area contributed by atoms with Gasteiger partial charge in [-0.1, -0.05) is 12.1 Å². The van der Waals surface area contributed by atoms with Gasteiger partial charge in [0.1, 0.15) is 18.1 Å². The summed E-state index contributed by atoms with van der Waals surface area (Å²) in [5.74, 6) is 0.950. The molecule has 0 saturated carbocycles. The van der Waals surface area contributed by atoms with Crippen LogP contribution in [0.25, 0.3) is 0 Å². The molecule has 0 heterocycles. The molecule has 0 N–H and O–H groups in total. The number of hydrogen-bond donors (Lipinski definition) is 0. The average molecular weight is 410 g/mol. The number of carbonyl (C=O) groups excluding carboxylic acids is 1. The van der Waals surface area contributed by atoms with Crippen LogP contribution in [0.3, 0.4) is 0 Å². The van der Waals surface area contributed by atoms with Gasteiger partial charge in [-0.05, 0) is 69.2 Å². The number of hydrogen-bond acceptors (Lipinski definition) is 4. The molecule has 0 aliphatic heterocycles. The molecule has 2 aromatic carbocycles. The summed E-state index contributed by atoms with van der Waals surface area (Å²) in [5.41, 5.74) is -0.672. The van der Waals surface area contributed by atoms with Crippen LogP contribution in [0.5, 0.6) is 11.5 Å². The van der Waals surface area contributed by atoms with Crippen molar-refractivity contribution in [1.82, 2.24) is 0 Å². The van der Waals surface area contributed by atoms with E-state index in [0.717, 1.165) is 12.1 Å². The second-order valence-electron chi connectivity index (χ2n) is 7.16. The number of carbonyl (C=O) groups is 1. The van der Waals surface area contributed by atoms with Gasteiger partial charge in [-0.15, -0.1) is 0 Å². The fourth-order valence-corrected chi connectivity index (χ4v) is 2.44. The molecule has 0 saturated heterocycles. The second kappa shape index (κ2) is 9.67. The van der Waals surface area contributed by atoms with Crippen molar-refractivity contribution < 1.29 is 32.2 Å². The Morgan fingerprint density at radius 2 is 1.45 bits per heavy atom. The lowest BCUT2D eigenvalue weighted by atomic mass is 9.90. The number of esters is 1. The van der Waals surface area contributed by atoms with Crippen LogP contribution in [0.4, 0.5) is 13.2 Å². The van der Waals surface area contributed by atoms with Gasteiger partial charge in [0.05, 0.1) is 24.2 Å². The first-order valence-corrected chi connectivity index (χ1v) is 9.31. The fraction of sp³-hybridized carbons (Fsp3) is 0.409. The van der Waals surface area contributed by atoms with E-state index in [1.165, 1.54) is 12.1 Å². The summed E-state index contributed by atoms with van der Waals surface area (Å²) in [7, 11) is 0. The van der Waals surface area contributed by atoms with E-state index >= 15 is 0 Å². The summed E-state index contributed by atoms with van der Waals surface area (Å²) < 4.78 is 54.0. The van der Waals surface area contributed by atoms with Crippen LogP contribution >= 0.6 is 0 Å². The van der Waals surface area contributed by atoms with Crippen molar-refractivity contribution >= 4 is 5.97 Å². The van der Waals surface area contributed by atoms with Crippen LogP contribution in [0.2, 0.25) is 0 Å². The minimum atomic E-state index is -4.35. The molecule has 0 aromatic heterocycles. The summed E-state index contributed by atoms with van der Waals surface area (Å²) in [5, 5.41) is 0. The smallest absolute Gasteiger partial charge is 0.416 e. The highest BCUT2D eigenvalue weighted by Crippen LogP contribution is 2.29. The number of rotatable bonds is 9. The molecule has 0 spiro atoms. The first-order valence-electron chi connectivity index (χ1n) is 9.31. The Morgan fingerprint density at radius 1 is 0.897 bits per heavy atom. The molecule has 0 radical (unpaired) electrons. The van der Waals surface area contributed by atoms with Crippen LogP contribution in [0.1, 0.15) is 38.3 Å². The Kier molecular flexibility index (Phi) is 7.53. The van der Waals surface area contributed by atoms with Crippen molar-refractivity contribution in [1.29, 1.82) is 0 Å². The van der Waals surface area contributed by atoms with E-state index in [4.69, 9.17) is 14.2 Å². The molecule has 4 nitrogen and oxygen atoms in total. The maximum Gasteiger partial charge on any atom is 0.416 e. The minimum absolute atomic E-state index is 0.159. The lowest BCUT2D eigenvalue weighted by Crippen LogP contribution is -2.28. The zero-order valence-corrected chi connectivity index (χ0v) is 16.7. The molecular formula is C22H25F3O4. The quantitative estimate of drug-likeness (QED) is 0.502. The van der Waals surface area contributed by atoms with Crippen LogP contribution in [0, 0.1) is 5.41 Å². The van der Waals surface area contributed by atoms with Crippen molar-refractivity contribution in [2.24, 2.45) is 5.41 Å². The van der Waals surface area contributed by atoms with Gasteiger partial charge in [0.15, 0.2) is 0 Å². The largest absolute Gasteiger partial charge is 0.494 e. The van der Waals surface area contributed by atoms with Gasteiger partial charge in [0.25, 0.3) is 0 Å². The molecule has 0 unspecified atom stereocenters. The van der Waals surface area contributed by atoms with Gasteiger partial charge in [-0.3, -0.25) is 4.79 Å². The number of alkyl halides is 3. The van der Waals surface area contributed by atoms with Crippen LogP contribution in [-0.4, -0.2) is 19.2 Å². The highest BCUT2D eigenvalue weighted by molar-refractivity contribution is 5.75. The first-order chi connectivity index (χ1) is 13.6. The molecule has 0 aliphatic carbocycles. The van der Waals surface area contributed by atoms with E-state index in [1.54, 1.807) is 31.2 Å². The Balaban J connectivity index is 1.80. The Bertz CT molecular complexity index is 781. The summed E-state index contributed by atoms with van der Waals surface area (Å²) in [6.45, 7) is 6.26. The predicted molar refractivity (Wildman–Crippen MR) is 103 cm³/mol. The maximum absolute atomic E-state index is 12.6. The minimum Gasteiger partial charge on any atom is -0.494 e. The highest BCUT2D eigenvalue weighted by atomic mass is 19.4. The van der Waals surface area contributed by atoms with E-state index < -0.39 is 17.2 Å². The fourth-order valence-electron chi connectivity index (χ4n) is 2.44. The summed E-state index contributed by atoms with van der Waals surface area (Å²) in [6.07, 6.45) is -3.83. The number of benzene rings is 2. The molecule has 29 heavy (non-hydrogen) atoms. The molecule has 0 aliphatic rings. The molecule has 0 atom stereocenters. The monoisotopic (exact) mass is 410 g/mol. The normalized spacial score (nSPS) is 11.8. The zero-order valence-electron chi connectivity index (χ0n) is 16.7. The third-order valence-electron chi connectivity index (χ3n) is 4.33. The summed E-state index contributed by atoms with van der Waals surface area (Å²) in [6, 6.07) is 11.8. The van der Waals surface area contributed by atoms with Gasteiger partial charge >= 0.3 is 12.1 Å². The zero-order chi connectivity index (χ0) is 21.5. The van der Waals surface area contributed by atoms with Crippen LogP contribution < -0.4 is 9.47 Å². The maximum atomic E-state index is 12.6. The molecule has 158 valence electrons. The molecule has 7 heteroatoms. The molecule has 0 amide bonds. The Morgan fingerprint density at radius 3 is 1.97 bits per heavy atom. The van der Waals surface area contributed by atoms with Crippen molar-refractivity contribution in [3.05, 3.63) is 59.7 Å². The van der Waals surface area contributed by atoms with E-state index in [2.05, 4.69) is 0 Å². The standard InChI is InChI=1S/C22H25F3O4/c1-4-27-20(26)21(2,3)13-14-28-18-9-11-19(12-10-18)29-15-16-5-7-17(8-6-16)22(23,24)25/h5-12H,4,13-15H2,1-3H3. The van der Waals surface area contributed by atoms with Crippen LogP contribution in [0.15, 0.2) is 48.5 Å². The van der Waals surface area contributed by atoms with Gasteiger partial charge in [0, 0.05) is 0 Å². The molecule has 0 fully saturated rings. The van der Waals surface area contributed by atoms with Gasteiger partial charge in [-0.25, -0.2) is 0 Å². The lowest BCUT2D eigenvalue weighted by Gasteiger charge is -2.22. The lowest BCUT2D eigenvalue weighted by molar-refractivity contribution is -0.154. The van der Waals surface area contributed by atoms with Gasteiger partial charge < -0.3 is 14.2 Å². The van der Waals surface area contributed by atoms with E-state index in [1.807, 2.05) is 13.8 Å². The first kappa shape index (κ1) is 22.6. The predicted octanol–water partition coefficient (Wildman–Crippen LogP) is 5.64. The Labute approximate surface area is 168 Å². The second-order valence-corrected chi connectivity index (χ2v) is 7.16. The molecule has 0 bridgehead atoms. The van der Waals surface area contributed by atoms with Gasteiger partial charge in [-0.2, -0.15) is 13.2 Å². The van der Waals surface area contributed by atoms with Crippen molar-refractivity contribution in [2.75, 3.05) is 13.2 Å².